The molecular formula is C13H16F4N2O2. The van der Waals surface area contributed by atoms with Gasteiger partial charge in [-0.15, -0.1) is 0 Å². The van der Waals surface area contributed by atoms with Crippen LogP contribution < -0.4 is 9.64 Å². The van der Waals surface area contributed by atoms with E-state index in [1.807, 2.05) is 0 Å². The summed E-state index contributed by atoms with van der Waals surface area (Å²) in [6, 6.07) is 1.28. The normalized spacial score (nSPS) is 22.7. The molecule has 0 spiro atoms. The van der Waals surface area contributed by atoms with Gasteiger partial charge in [-0.05, 0) is 6.92 Å². The Balaban J connectivity index is 2.25. The summed E-state index contributed by atoms with van der Waals surface area (Å²) in [5, 5.41) is 9.12. The maximum atomic E-state index is 13.8. The van der Waals surface area contributed by atoms with Crippen LogP contribution in [0.1, 0.15) is 6.92 Å². The number of hydrogen-bond acceptors (Lipinski definition) is 4. The molecular weight excluding hydrogens is 292 g/mol. The number of ether oxygens (including phenoxy) is 1. The van der Waals surface area contributed by atoms with Crippen molar-refractivity contribution in [1.82, 2.24) is 4.98 Å². The van der Waals surface area contributed by atoms with Crippen LogP contribution in [-0.4, -0.2) is 42.6 Å². The summed E-state index contributed by atoms with van der Waals surface area (Å²) in [4.78, 5) is 4.99. The van der Waals surface area contributed by atoms with Crippen LogP contribution in [0.2, 0.25) is 0 Å². The van der Waals surface area contributed by atoms with E-state index < -0.39 is 30.4 Å². The minimum atomic E-state index is -4.42. The highest BCUT2D eigenvalue weighted by molar-refractivity contribution is 5.50. The van der Waals surface area contributed by atoms with Gasteiger partial charge in [-0.25, -0.2) is 9.37 Å². The Kier molecular flexibility index (Phi) is 4.55. The van der Waals surface area contributed by atoms with Crippen molar-refractivity contribution < 1.29 is 27.4 Å². The monoisotopic (exact) mass is 308 g/mol. The highest BCUT2D eigenvalue weighted by atomic mass is 19.4. The average Bonchev–Trinajstić information content (AvgIpc) is 2.85. The second-order valence-corrected chi connectivity index (χ2v) is 4.90. The van der Waals surface area contributed by atoms with Gasteiger partial charge < -0.3 is 14.7 Å². The number of anilines is 1. The van der Waals surface area contributed by atoms with Crippen LogP contribution in [0.4, 0.5) is 23.2 Å². The fourth-order valence-electron chi connectivity index (χ4n) is 2.50. The number of aliphatic hydroxyl groups is 1. The first kappa shape index (κ1) is 15.8. The predicted molar refractivity (Wildman–Crippen MR) is 67.7 cm³/mol. The van der Waals surface area contributed by atoms with Gasteiger partial charge in [0.05, 0.1) is 24.4 Å². The third-order valence-corrected chi connectivity index (χ3v) is 3.54. The standard InChI is InChI=1S/C13H16F4N2O2/c1-2-21-12-3-11(10(14)4-18-12)19-5-8(7-20)9(6-19)13(15,16)17/h3-4,8-9,20H,2,5-7H2,1H3/t8-,9+/m0/s1. The smallest absolute Gasteiger partial charge is 0.393 e. The highest BCUT2D eigenvalue weighted by Gasteiger charge is 2.49. The summed E-state index contributed by atoms with van der Waals surface area (Å²) in [7, 11) is 0. The Bertz CT molecular complexity index is 496. The van der Waals surface area contributed by atoms with Crippen LogP contribution >= 0.6 is 0 Å². The van der Waals surface area contributed by atoms with Gasteiger partial charge in [-0.1, -0.05) is 0 Å². The molecule has 1 aliphatic rings. The molecule has 1 aromatic rings. The average molecular weight is 308 g/mol. The van der Waals surface area contributed by atoms with E-state index in [-0.39, 0.29) is 24.7 Å². The van der Waals surface area contributed by atoms with Crippen LogP contribution in [0.3, 0.4) is 0 Å². The van der Waals surface area contributed by atoms with E-state index in [1.54, 1.807) is 6.92 Å². The minimum Gasteiger partial charge on any atom is -0.478 e. The van der Waals surface area contributed by atoms with Crippen molar-refractivity contribution in [2.75, 3.05) is 31.2 Å². The van der Waals surface area contributed by atoms with Crippen molar-refractivity contribution in [2.24, 2.45) is 11.8 Å². The molecule has 2 rings (SSSR count). The maximum Gasteiger partial charge on any atom is 0.393 e. The Morgan fingerprint density at radius 2 is 2.14 bits per heavy atom. The number of rotatable bonds is 4. The first-order valence-corrected chi connectivity index (χ1v) is 6.57. The summed E-state index contributed by atoms with van der Waals surface area (Å²) in [5.74, 6) is -3.19. The van der Waals surface area contributed by atoms with Gasteiger partial charge in [-0.2, -0.15) is 13.2 Å². The third kappa shape index (κ3) is 3.37. The second-order valence-electron chi connectivity index (χ2n) is 4.90. The first-order chi connectivity index (χ1) is 9.86. The Labute approximate surface area is 119 Å². The number of hydrogen-bond donors (Lipinski definition) is 1. The lowest BCUT2D eigenvalue weighted by Crippen LogP contribution is -2.31. The van der Waals surface area contributed by atoms with Gasteiger partial charge >= 0.3 is 6.18 Å². The fraction of sp³-hybridized carbons (Fsp3) is 0.615. The molecule has 2 heterocycles. The zero-order valence-corrected chi connectivity index (χ0v) is 11.4. The molecule has 8 heteroatoms. The molecule has 1 N–H and O–H groups in total. The minimum absolute atomic E-state index is 0.0126. The second kappa shape index (κ2) is 6.05. The summed E-state index contributed by atoms with van der Waals surface area (Å²) >= 11 is 0. The lowest BCUT2D eigenvalue weighted by Gasteiger charge is -2.20. The summed E-state index contributed by atoms with van der Waals surface area (Å²) in [6.45, 7) is 1.00. The van der Waals surface area contributed by atoms with E-state index in [4.69, 9.17) is 9.84 Å². The molecule has 2 atom stereocenters. The molecule has 0 aromatic carbocycles. The number of aromatic nitrogens is 1. The lowest BCUT2D eigenvalue weighted by atomic mass is 9.97. The molecule has 1 fully saturated rings. The molecule has 0 saturated carbocycles. The molecule has 1 aromatic heterocycles. The maximum absolute atomic E-state index is 13.8. The predicted octanol–water partition coefficient (Wildman–Crippen LogP) is 2.23. The molecule has 0 bridgehead atoms. The van der Waals surface area contributed by atoms with E-state index in [0.29, 0.717) is 6.61 Å². The van der Waals surface area contributed by atoms with Crippen LogP contribution in [0.15, 0.2) is 12.3 Å². The zero-order valence-electron chi connectivity index (χ0n) is 11.4. The molecule has 0 unspecified atom stereocenters. The van der Waals surface area contributed by atoms with Crippen LogP contribution in [0, 0.1) is 17.7 Å². The summed E-state index contributed by atoms with van der Waals surface area (Å²) in [6.07, 6.45) is -3.50. The molecule has 1 saturated heterocycles. The van der Waals surface area contributed by atoms with Crippen molar-refractivity contribution in [3.63, 3.8) is 0 Å². The van der Waals surface area contributed by atoms with Gasteiger partial charge in [0, 0.05) is 31.7 Å². The molecule has 4 nitrogen and oxygen atoms in total. The van der Waals surface area contributed by atoms with Gasteiger partial charge in [0.2, 0.25) is 5.88 Å². The van der Waals surface area contributed by atoms with Crippen LogP contribution in [-0.2, 0) is 0 Å². The van der Waals surface area contributed by atoms with Crippen molar-refractivity contribution in [3.05, 3.63) is 18.1 Å². The number of pyridine rings is 1. The number of aliphatic hydroxyl groups excluding tert-OH is 1. The van der Waals surface area contributed by atoms with Crippen molar-refractivity contribution in [1.29, 1.82) is 0 Å². The third-order valence-electron chi connectivity index (χ3n) is 3.54. The van der Waals surface area contributed by atoms with Crippen molar-refractivity contribution >= 4 is 5.69 Å². The Morgan fingerprint density at radius 1 is 1.43 bits per heavy atom. The molecule has 118 valence electrons. The quantitative estimate of drug-likeness (QED) is 0.867. The van der Waals surface area contributed by atoms with Gasteiger partial charge in [0.25, 0.3) is 0 Å². The van der Waals surface area contributed by atoms with Crippen molar-refractivity contribution in [2.45, 2.75) is 13.1 Å². The molecule has 0 amide bonds. The van der Waals surface area contributed by atoms with E-state index >= 15 is 0 Å². The van der Waals surface area contributed by atoms with Gasteiger partial charge in [0.15, 0.2) is 5.82 Å². The largest absolute Gasteiger partial charge is 0.478 e. The topological polar surface area (TPSA) is 45.6 Å². The SMILES string of the molecule is CCOc1cc(N2C[C@@H](CO)[C@H](C(F)(F)F)C2)c(F)cn1. The fourth-order valence-corrected chi connectivity index (χ4v) is 2.50. The Morgan fingerprint density at radius 3 is 2.67 bits per heavy atom. The highest BCUT2D eigenvalue weighted by Crippen LogP contribution is 2.39. The van der Waals surface area contributed by atoms with Crippen molar-refractivity contribution in [3.8, 4) is 5.88 Å². The number of alkyl halides is 3. The zero-order chi connectivity index (χ0) is 15.6. The molecule has 1 aliphatic heterocycles. The molecule has 0 radical (unpaired) electrons. The van der Waals surface area contributed by atoms with Crippen LogP contribution in [0.25, 0.3) is 0 Å². The molecule has 0 aliphatic carbocycles. The van der Waals surface area contributed by atoms with E-state index in [9.17, 15) is 17.6 Å². The summed E-state index contributed by atoms with van der Waals surface area (Å²) in [5.41, 5.74) is 0.0126. The molecule has 21 heavy (non-hydrogen) atoms. The number of nitrogens with zero attached hydrogens (tertiary/aromatic N) is 2. The van der Waals surface area contributed by atoms with Crippen LogP contribution in [0.5, 0.6) is 5.88 Å². The van der Waals surface area contributed by atoms with E-state index in [0.717, 1.165) is 6.20 Å². The first-order valence-electron chi connectivity index (χ1n) is 6.57. The lowest BCUT2D eigenvalue weighted by molar-refractivity contribution is -0.181. The van der Waals surface area contributed by atoms with Gasteiger partial charge in [-0.3, -0.25) is 0 Å². The van der Waals surface area contributed by atoms with E-state index in [2.05, 4.69) is 4.98 Å². The van der Waals surface area contributed by atoms with Gasteiger partial charge in [0.1, 0.15) is 0 Å². The van der Waals surface area contributed by atoms with E-state index in [1.165, 1.54) is 11.0 Å². The number of halogens is 4. The summed E-state index contributed by atoms with van der Waals surface area (Å²) < 4.78 is 57.7. The Hall–Kier alpha value is -1.57.